The molecule has 2 heteroatoms. The maximum atomic E-state index is 13.0. The first-order valence-electron chi connectivity index (χ1n) is 7.80. The second-order valence-electron chi connectivity index (χ2n) is 8.45. The molecule has 5 rings (SSSR count). The SMILES string of the molecule is CC12CC3CC(C)(C1)CC(C(=O)C1=CCCO1)(C3)C2. The van der Waals surface area contributed by atoms with Gasteiger partial charge in [0, 0.05) is 11.8 Å². The van der Waals surface area contributed by atoms with Crippen molar-refractivity contribution < 1.29 is 9.53 Å². The minimum atomic E-state index is -0.0842. The zero-order valence-corrected chi connectivity index (χ0v) is 12.1. The van der Waals surface area contributed by atoms with Crippen LogP contribution in [0, 0.1) is 22.2 Å². The molecule has 2 unspecified atom stereocenters. The average molecular weight is 260 g/mol. The highest BCUT2D eigenvalue weighted by atomic mass is 16.5. The van der Waals surface area contributed by atoms with Crippen molar-refractivity contribution in [2.24, 2.45) is 22.2 Å². The molecular weight excluding hydrogens is 236 g/mol. The Hall–Kier alpha value is -0.790. The number of ketones is 1. The molecule has 0 saturated heterocycles. The van der Waals surface area contributed by atoms with Crippen LogP contribution in [-0.2, 0) is 9.53 Å². The van der Waals surface area contributed by atoms with Crippen LogP contribution in [0.2, 0.25) is 0 Å². The number of allylic oxidation sites excluding steroid dienone is 1. The number of hydrogen-bond acceptors (Lipinski definition) is 2. The summed E-state index contributed by atoms with van der Waals surface area (Å²) in [5, 5.41) is 0. The molecule has 4 aliphatic carbocycles. The van der Waals surface area contributed by atoms with Gasteiger partial charge in [0.1, 0.15) is 0 Å². The Labute approximate surface area is 115 Å². The third-order valence-corrected chi connectivity index (χ3v) is 6.04. The normalized spacial score (nSPS) is 51.1. The molecule has 104 valence electrons. The van der Waals surface area contributed by atoms with Gasteiger partial charge in [-0.3, -0.25) is 4.79 Å². The van der Waals surface area contributed by atoms with E-state index in [2.05, 4.69) is 13.8 Å². The Morgan fingerprint density at radius 2 is 1.84 bits per heavy atom. The van der Waals surface area contributed by atoms with E-state index in [1.807, 2.05) is 6.08 Å². The van der Waals surface area contributed by atoms with Gasteiger partial charge in [0.05, 0.1) is 6.61 Å². The number of ether oxygens (including phenoxy) is 1. The first-order chi connectivity index (χ1) is 8.92. The lowest BCUT2D eigenvalue weighted by molar-refractivity contribution is -0.167. The summed E-state index contributed by atoms with van der Waals surface area (Å²) in [5.41, 5.74) is 0.727. The third-order valence-electron chi connectivity index (χ3n) is 6.04. The topological polar surface area (TPSA) is 26.3 Å². The van der Waals surface area contributed by atoms with Crippen molar-refractivity contribution in [1.82, 2.24) is 0 Å². The quantitative estimate of drug-likeness (QED) is 0.753. The summed E-state index contributed by atoms with van der Waals surface area (Å²) in [6.07, 6.45) is 10.3. The Balaban J connectivity index is 1.72. The molecule has 2 nitrogen and oxygen atoms in total. The van der Waals surface area contributed by atoms with E-state index in [0.29, 0.717) is 29.0 Å². The first-order valence-corrected chi connectivity index (χ1v) is 7.80. The van der Waals surface area contributed by atoms with Gasteiger partial charge in [-0.25, -0.2) is 0 Å². The van der Waals surface area contributed by atoms with Crippen LogP contribution in [0.1, 0.15) is 58.8 Å². The van der Waals surface area contributed by atoms with Gasteiger partial charge >= 0.3 is 0 Å². The molecule has 4 saturated carbocycles. The van der Waals surface area contributed by atoms with Crippen molar-refractivity contribution in [3.05, 3.63) is 11.8 Å². The molecule has 19 heavy (non-hydrogen) atoms. The second kappa shape index (κ2) is 3.45. The van der Waals surface area contributed by atoms with Crippen molar-refractivity contribution in [2.45, 2.75) is 58.8 Å². The second-order valence-corrected chi connectivity index (χ2v) is 8.45. The first kappa shape index (κ1) is 12.0. The highest BCUT2D eigenvalue weighted by molar-refractivity contribution is 5.98. The number of carbonyl (C=O) groups excluding carboxylic acids is 1. The standard InChI is InChI=1S/C17H24O2/c1-15-6-12-7-16(2,9-15)11-17(8-12,10-15)14(18)13-4-3-5-19-13/h4,12H,3,5-11H2,1-2H3. The minimum Gasteiger partial charge on any atom is -0.490 e. The molecule has 4 bridgehead atoms. The lowest BCUT2D eigenvalue weighted by Gasteiger charge is -2.64. The molecule has 0 spiro atoms. The van der Waals surface area contributed by atoms with E-state index in [4.69, 9.17) is 4.74 Å². The van der Waals surface area contributed by atoms with E-state index in [1.165, 1.54) is 19.3 Å². The lowest BCUT2D eigenvalue weighted by Crippen LogP contribution is -2.57. The van der Waals surface area contributed by atoms with Crippen LogP contribution in [0.3, 0.4) is 0 Å². The van der Waals surface area contributed by atoms with Crippen LogP contribution in [-0.4, -0.2) is 12.4 Å². The van der Waals surface area contributed by atoms with Gasteiger partial charge in [-0.15, -0.1) is 0 Å². The van der Waals surface area contributed by atoms with Gasteiger partial charge in [0.25, 0.3) is 0 Å². The Bertz CT molecular complexity index is 458. The summed E-state index contributed by atoms with van der Waals surface area (Å²) in [5.74, 6) is 1.80. The van der Waals surface area contributed by atoms with Crippen LogP contribution in [0.15, 0.2) is 11.8 Å². The largest absolute Gasteiger partial charge is 0.490 e. The number of carbonyl (C=O) groups is 1. The zero-order valence-electron chi connectivity index (χ0n) is 12.1. The minimum absolute atomic E-state index is 0.0842. The summed E-state index contributed by atoms with van der Waals surface area (Å²) >= 11 is 0. The molecule has 0 amide bonds. The smallest absolute Gasteiger partial charge is 0.203 e. The molecule has 1 heterocycles. The monoisotopic (exact) mass is 260 g/mol. The van der Waals surface area contributed by atoms with Crippen LogP contribution < -0.4 is 0 Å². The summed E-state index contributed by atoms with van der Waals surface area (Å²) in [6, 6.07) is 0. The fraction of sp³-hybridized carbons (Fsp3) is 0.824. The predicted octanol–water partition coefficient (Wildman–Crippen LogP) is 3.86. The van der Waals surface area contributed by atoms with Crippen molar-refractivity contribution in [3.8, 4) is 0 Å². The van der Waals surface area contributed by atoms with Crippen LogP contribution in [0.4, 0.5) is 0 Å². The molecule has 0 radical (unpaired) electrons. The Kier molecular flexibility index (Phi) is 2.18. The molecule has 4 fully saturated rings. The summed E-state index contributed by atoms with van der Waals surface area (Å²) in [4.78, 5) is 13.0. The highest BCUT2D eigenvalue weighted by Crippen LogP contribution is 2.70. The molecule has 2 atom stereocenters. The third kappa shape index (κ3) is 1.64. The van der Waals surface area contributed by atoms with Crippen molar-refractivity contribution in [3.63, 3.8) is 0 Å². The van der Waals surface area contributed by atoms with Gasteiger partial charge in [-0.1, -0.05) is 13.8 Å². The van der Waals surface area contributed by atoms with Gasteiger partial charge in [-0.05, 0) is 61.3 Å². The lowest BCUT2D eigenvalue weighted by atomic mass is 9.39. The van der Waals surface area contributed by atoms with Crippen molar-refractivity contribution in [2.75, 3.05) is 6.61 Å². The molecule has 0 aromatic heterocycles. The van der Waals surface area contributed by atoms with E-state index in [-0.39, 0.29) is 5.41 Å². The fourth-order valence-electron chi connectivity index (χ4n) is 6.54. The number of rotatable bonds is 2. The van der Waals surface area contributed by atoms with E-state index < -0.39 is 0 Å². The van der Waals surface area contributed by atoms with Crippen molar-refractivity contribution in [1.29, 1.82) is 0 Å². The Morgan fingerprint density at radius 3 is 2.37 bits per heavy atom. The molecule has 0 N–H and O–H groups in total. The predicted molar refractivity (Wildman–Crippen MR) is 73.5 cm³/mol. The molecule has 1 aliphatic heterocycles. The van der Waals surface area contributed by atoms with Crippen LogP contribution in [0.5, 0.6) is 0 Å². The Morgan fingerprint density at radius 1 is 1.16 bits per heavy atom. The summed E-state index contributed by atoms with van der Waals surface area (Å²) in [7, 11) is 0. The summed E-state index contributed by atoms with van der Waals surface area (Å²) in [6.45, 7) is 5.54. The molecule has 0 aromatic rings. The van der Waals surface area contributed by atoms with E-state index in [0.717, 1.165) is 31.6 Å². The molecular formula is C17H24O2. The van der Waals surface area contributed by atoms with E-state index >= 15 is 0 Å². The van der Waals surface area contributed by atoms with Gasteiger partial charge in [-0.2, -0.15) is 0 Å². The molecule has 0 aromatic carbocycles. The van der Waals surface area contributed by atoms with Gasteiger partial charge < -0.3 is 4.74 Å². The highest BCUT2D eigenvalue weighted by Gasteiger charge is 2.63. The zero-order chi connectivity index (χ0) is 13.3. The van der Waals surface area contributed by atoms with Gasteiger partial charge in [0.2, 0.25) is 5.78 Å². The fourth-order valence-corrected chi connectivity index (χ4v) is 6.54. The van der Waals surface area contributed by atoms with Crippen molar-refractivity contribution >= 4 is 5.78 Å². The number of Topliss-reactive ketones (excluding diaryl/α,β-unsaturated/α-hetero) is 1. The van der Waals surface area contributed by atoms with Crippen LogP contribution in [0.25, 0.3) is 0 Å². The van der Waals surface area contributed by atoms with Crippen LogP contribution >= 0.6 is 0 Å². The maximum Gasteiger partial charge on any atom is 0.203 e. The maximum absolute atomic E-state index is 13.0. The number of hydrogen-bond donors (Lipinski definition) is 0. The van der Waals surface area contributed by atoms with Gasteiger partial charge in [0.15, 0.2) is 5.76 Å². The molecule has 5 aliphatic rings. The van der Waals surface area contributed by atoms with E-state index in [9.17, 15) is 4.79 Å². The summed E-state index contributed by atoms with van der Waals surface area (Å²) < 4.78 is 5.58. The van der Waals surface area contributed by atoms with E-state index in [1.54, 1.807) is 0 Å². The average Bonchev–Trinajstić information content (AvgIpc) is 2.75.